The summed E-state index contributed by atoms with van der Waals surface area (Å²) in [5.74, 6) is 8.09. The average Bonchev–Trinajstić information content (AvgIpc) is 2.22. The van der Waals surface area contributed by atoms with Crippen LogP contribution >= 0.6 is 0 Å². The van der Waals surface area contributed by atoms with Crippen molar-refractivity contribution in [1.82, 2.24) is 11.3 Å². The summed E-state index contributed by atoms with van der Waals surface area (Å²) in [6.07, 6.45) is 2.12. The van der Waals surface area contributed by atoms with Crippen LogP contribution in [0.15, 0.2) is 0 Å². The monoisotopic (exact) mass is 83.1 g/mol. The minimum absolute atomic E-state index is 0.0278. The number of hydrogen-bond donors (Lipinski definition) is 0. The van der Waals surface area contributed by atoms with Crippen LogP contribution in [0.4, 0.5) is 0 Å². The van der Waals surface area contributed by atoms with Crippen molar-refractivity contribution in [2.75, 3.05) is 0 Å². The fraction of sp³-hybridized carbons (Fsp3) is 1.00. The van der Waals surface area contributed by atoms with Gasteiger partial charge in [0.1, 0.15) is 0 Å². The molecular weight excluding hydrogens is 76.1 g/mol. The van der Waals surface area contributed by atoms with E-state index in [1.807, 2.05) is 6.92 Å². The van der Waals surface area contributed by atoms with Crippen molar-refractivity contribution in [3.8, 4) is 0 Å². The molecule has 0 heterocycles. The summed E-state index contributed by atoms with van der Waals surface area (Å²) in [6, 6.07) is 0. The lowest BCUT2D eigenvalue weighted by molar-refractivity contribution is 0.532. The summed E-state index contributed by atoms with van der Waals surface area (Å²) in [5, 5.41) is 0. The van der Waals surface area contributed by atoms with Gasteiger partial charge in [-0.1, -0.05) is 0 Å². The van der Waals surface area contributed by atoms with E-state index >= 15 is 0 Å². The standard InChI is InChI=1S/C4H7N2/c1-4(6-5)2-3-4/h2-3H2,1H3/q+1. The number of nitrogens with zero attached hydrogens (tertiary/aromatic N) is 2. The van der Waals surface area contributed by atoms with Crippen LogP contribution in [0.5, 0.6) is 0 Å². The Bertz CT molecular complexity index is 56.6. The second kappa shape index (κ2) is 0.950. The summed E-state index contributed by atoms with van der Waals surface area (Å²) in [7, 11) is 0. The SMILES string of the molecule is CC1([N+][N])CC1. The summed E-state index contributed by atoms with van der Waals surface area (Å²) in [5.41, 5.74) is 3.10. The van der Waals surface area contributed by atoms with E-state index in [4.69, 9.17) is 5.84 Å². The first-order valence-electron chi connectivity index (χ1n) is 2.13. The quantitative estimate of drug-likeness (QED) is 0.404. The lowest BCUT2D eigenvalue weighted by Crippen LogP contribution is -2.16. The largest absolute Gasteiger partial charge is 0.265 e. The van der Waals surface area contributed by atoms with Crippen molar-refractivity contribution in [2.45, 2.75) is 25.3 Å². The summed E-state index contributed by atoms with van der Waals surface area (Å²) < 4.78 is 0. The Morgan fingerprint density at radius 1 is 1.67 bits per heavy atom. The van der Waals surface area contributed by atoms with E-state index in [0.29, 0.717) is 0 Å². The molecule has 1 saturated carbocycles. The summed E-state index contributed by atoms with van der Waals surface area (Å²) >= 11 is 0. The molecule has 0 spiro atoms. The van der Waals surface area contributed by atoms with Crippen LogP contribution in [0.2, 0.25) is 0 Å². The van der Waals surface area contributed by atoms with Gasteiger partial charge in [-0.05, 0) is 0 Å². The molecule has 0 N–H and O–H groups in total. The minimum atomic E-state index is -0.0278. The van der Waals surface area contributed by atoms with Gasteiger partial charge in [0.05, 0.1) is 0 Å². The molecule has 0 aromatic rings. The molecule has 0 unspecified atom stereocenters. The smallest absolute Gasteiger partial charge is 0.00439 e. The fourth-order valence-corrected chi connectivity index (χ4v) is 0.281. The maximum Gasteiger partial charge on any atom is 0.265 e. The van der Waals surface area contributed by atoms with E-state index in [0.717, 1.165) is 12.8 Å². The predicted octanol–water partition coefficient (Wildman–Crippen LogP) is 0.127. The zero-order valence-corrected chi connectivity index (χ0v) is 3.81. The van der Waals surface area contributed by atoms with Crippen LogP contribution in [0, 0.1) is 0 Å². The van der Waals surface area contributed by atoms with Gasteiger partial charge in [0, 0.05) is 19.8 Å². The molecule has 2 heteroatoms. The van der Waals surface area contributed by atoms with Crippen molar-refractivity contribution in [1.29, 1.82) is 0 Å². The maximum atomic E-state index is 8.09. The zero-order valence-electron chi connectivity index (χ0n) is 3.81. The van der Waals surface area contributed by atoms with E-state index < -0.39 is 0 Å². The Morgan fingerprint density at radius 3 is 2.17 bits per heavy atom. The Morgan fingerprint density at radius 2 is 2.17 bits per heavy atom. The maximum absolute atomic E-state index is 8.09. The van der Waals surface area contributed by atoms with Gasteiger partial charge in [-0.2, -0.15) is 0 Å². The van der Waals surface area contributed by atoms with Gasteiger partial charge >= 0.3 is 0 Å². The van der Waals surface area contributed by atoms with Gasteiger partial charge in [0.25, 0.3) is 5.84 Å². The average molecular weight is 83.1 g/mol. The zero-order chi connectivity index (χ0) is 4.62. The molecule has 0 atom stereocenters. The number of hydrogen-bond acceptors (Lipinski definition) is 0. The molecule has 0 aromatic carbocycles. The lowest BCUT2D eigenvalue weighted by atomic mass is 10.4. The van der Waals surface area contributed by atoms with Crippen molar-refractivity contribution >= 4 is 0 Å². The highest BCUT2D eigenvalue weighted by Crippen LogP contribution is 2.34. The van der Waals surface area contributed by atoms with E-state index in [1.165, 1.54) is 0 Å². The Kier molecular flexibility index (Phi) is 0.648. The predicted molar refractivity (Wildman–Crippen MR) is 21.9 cm³/mol. The highest BCUT2D eigenvalue weighted by Gasteiger charge is 2.52. The third-order valence-corrected chi connectivity index (χ3v) is 1.22. The van der Waals surface area contributed by atoms with Crippen molar-refractivity contribution in [3.63, 3.8) is 0 Å². The topological polar surface area (TPSA) is 36.4 Å². The molecule has 0 aromatic heterocycles. The van der Waals surface area contributed by atoms with Gasteiger partial charge in [-0.25, -0.2) is 0 Å². The van der Waals surface area contributed by atoms with Gasteiger partial charge in [-0.3, -0.25) is 0 Å². The van der Waals surface area contributed by atoms with Crippen LogP contribution in [-0.2, 0) is 0 Å². The van der Waals surface area contributed by atoms with Crippen molar-refractivity contribution in [3.05, 3.63) is 0 Å². The second-order valence-electron chi connectivity index (χ2n) is 2.10. The molecule has 0 bridgehead atoms. The fourth-order valence-electron chi connectivity index (χ4n) is 0.281. The molecule has 0 amide bonds. The Labute approximate surface area is 37.7 Å². The van der Waals surface area contributed by atoms with Crippen LogP contribution < -0.4 is 11.3 Å². The van der Waals surface area contributed by atoms with Crippen LogP contribution in [0.25, 0.3) is 0 Å². The molecule has 1 rings (SSSR count). The second-order valence-corrected chi connectivity index (χ2v) is 2.10. The van der Waals surface area contributed by atoms with E-state index in [1.54, 1.807) is 0 Å². The van der Waals surface area contributed by atoms with Crippen LogP contribution in [0.1, 0.15) is 19.8 Å². The molecule has 0 aliphatic heterocycles. The summed E-state index contributed by atoms with van der Waals surface area (Å²) in [4.78, 5) is 0. The molecule has 4 radical (unpaired) electrons. The molecule has 32 valence electrons. The van der Waals surface area contributed by atoms with E-state index in [2.05, 4.69) is 5.43 Å². The van der Waals surface area contributed by atoms with Crippen molar-refractivity contribution < 1.29 is 0 Å². The molecule has 1 aliphatic carbocycles. The third-order valence-electron chi connectivity index (χ3n) is 1.22. The van der Waals surface area contributed by atoms with E-state index in [-0.39, 0.29) is 5.54 Å². The van der Waals surface area contributed by atoms with Gasteiger partial charge < -0.3 is 0 Å². The van der Waals surface area contributed by atoms with E-state index in [9.17, 15) is 0 Å². The normalized spacial score (nSPS) is 27.0. The molecular formula is C4H7N2+. The van der Waals surface area contributed by atoms with Gasteiger partial charge in [0.2, 0.25) is 11.0 Å². The van der Waals surface area contributed by atoms with Crippen LogP contribution in [-0.4, -0.2) is 5.54 Å². The first kappa shape index (κ1) is 4.09. The lowest BCUT2D eigenvalue weighted by Gasteiger charge is -1.74. The van der Waals surface area contributed by atoms with Crippen LogP contribution in [0.3, 0.4) is 0 Å². The molecule has 0 saturated heterocycles. The molecule has 2 nitrogen and oxygen atoms in total. The summed E-state index contributed by atoms with van der Waals surface area (Å²) in [6.45, 7) is 1.94. The van der Waals surface area contributed by atoms with Gasteiger partial charge in [-0.15, -0.1) is 0 Å². The first-order chi connectivity index (χ1) is 2.77. The van der Waals surface area contributed by atoms with Crippen molar-refractivity contribution in [2.24, 2.45) is 0 Å². The third kappa shape index (κ3) is 0.533. The highest BCUT2D eigenvalue weighted by molar-refractivity contribution is 4.94. The molecule has 6 heavy (non-hydrogen) atoms. The minimum Gasteiger partial charge on any atom is 0.00439 e. The molecule has 1 fully saturated rings. The first-order valence-corrected chi connectivity index (χ1v) is 2.13. The van der Waals surface area contributed by atoms with Gasteiger partial charge in [0.15, 0.2) is 0 Å². The highest BCUT2D eigenvalue weighted by atomic mass is 15.3. The Balaban J connectivity index is 2.28. The number of rotatable bonds is 1. The Hall–Kier alpha value is -0.0800. The molecule has 1 aliphatic rings.